The highest BCUT2D eigenvalue weighted by molar-refractivity contribution is 7.08. The van der Waals surface area contributed by atoms with E-state index in [1.807, 2.05) is 29.0 Å². The summed E-state index contributed by atoms with van der Waals surface area (Å²) in [6, 6.07) is 9.33. The molecule has 3 N–H and O–H groups in total. The number of nitriles is 1. The molecule has 0 amide bonds. The minimum atomic E-state index is 0.498. The van der Waals surface area contributed by atoms with Gasteiger partial charge in [0.25, 0.3) is 0 Å². The van der Waals surface area contributed by atoms with E-state index in [4.69, 9.17) is 11.0 Å². The molecule has 0 radical (unpaired) electrons. The molecular weight excluding hydrogens is 206 g/mol. The third kappa shape index (κ3) is 2.09. The van der Waals surface area contributed by atoms with E-state index < -0.39 is 0 Å². The highest BCUT2D eigenvalue weighted by atomic mass is 32.1. The molecule has 0 aliphatic carbocycles. The molecule has 0 fully saturated rings. The predicted molar refractivity (Wildman–Crippen MR) is 63.2 cm³/mol. The van der Waals surface area contributed by atoms with E-state index >= 15 is 0 Å². The first kappa shape index (κ1) is 9.56. The Kier molecular flexibility index (Phi) is 2.57. The van der Waals surface area contributed by atoms with Gasteiger partial charge < -0.3 is 11.1 Å². The smallest absolute Gasteiger partial charge is 0.101 e. The second-order valence-corrected chi connectivity index (χ2v) is 3.83. The first-order chi connectivity index (χ1) is 7.29. The number of anilines is 3. The Morgan fingerprint density at radius 1 is 1.27 bits per heavy atom. The molecule has 0 saturated carbocycles. The molecule has 0 saturated heterocycles. The monoisotopic (exact) mass is 215 g/mol. The number of thiophene rings is 1. The van der Waals surface area contributed by atoms with E-state index in [0.29, 0.717) is 11.3 Å². The third-order valence-electron chi connectivity index (χ3n) is 1.98. The molecule has 74 valence electrons. The lowest BCUT2D eigenvalue weighted by molar-refractivity contribution is 1.48. The quantitative estimate of drug-likeness (QED) is 0.757. The summed E-state index contributed by atoms with van der Waals surface area (Å²) >= 11 is 1.62. The topological polar surface area (TPSA) is 61.8 Å². The van der Waals surface area contributed by atoms with E-state index in [1.165, 1.54) is 0 Å². The molecule has 0 aliphatic heterocycles. The summed E-state index contributed by atoms with van der Waals surface area (Å²) in [5.41, 5.74) is 8.63. The maximum absolute atomic E-state index is 8.72. The van der Waals surface area contributed by atoms with Crippen LogP contribution in [-0.4, -0.2) is 0 Å². The normalized spacial score (nSPS) is 9.53. The lowest BCUT2D eigenvalue weighted by Gasteiger charge is -2.05. The maximum Gasteiger partial charge on any atom is 0.101 e. The highest BCUT2D eigenvalue weighted by Gasteiger charge is 2.00. The number of benzene rings is 1. The van der Waals surface area contributed by atoms with Crippen LogP contribution in [0.1, 0.15) is 5.56 Å². The molecule has 3 nitrogen and oxygen atoms in total. The van der Waals surface area contributed by atoms with Gasteiger partial charge in [0, 0.05) is 16.8 Å². The molecule has 4 heteroatoms. The van der Waals surface area contributed by atoms with Crippen LogP contribution in [0.3, 0.4) is 0 Å². The van der Waals surface area contributed by atoms with Crippen molar-refractivity contribution in [2.45, 2.75) is 0 Å². The van der Waals surface area contributed by atoms with Gasteiger partial charge in [-0.15, -0.1) is 0 Å². The average Bonchev–Trinajstić information content (AvgIpc) is 2.71. The Labute approximate surface area is 91.8 Å². The molecule has 0 unspecified atom stereocenters. The van der Waals surface area contributed by atoms with Crippen molar-refractivity contribution in [2.24, 2.45) is 0 Å². The molecule has 1 heterocycles. The Bertz CT molecular complexity index is 497. The number of nitrogens with two attached hydrogens (primary N) is 1. The van der Waals surface area contributed by atoms with Gasteiger partial charge in [-0.05, 0) is 29.6 Å². The van der Waals surface area contributed by atoms with Crippen LogP contribution in [0.5, 0.6) is 0 Å². The van der Waals surface area contributed by atoms with E-state index in [2.05, 4.69) is 5.32 Å². The van der Waals surface area contributed by atoms with E-state index in [0.717, 1.165) is 11.4 Å². The van der Waals surface area contributed by atoms with Crippen LogP contribution in [0.2, 0.25) is 0 Å². The van der Waals surface area contributed by atoms with Crippen molar-refractivity contribution in [3.8, 4) is 6.07 Å². The standard InChI is InChI=1S/C11H9N3S/c12-6-8-1-2-9(5-11(8)13)14-10-3-4-15-7-10/h1-5,7,14H,13H2. The van der Waals surface area contributed by atoms with Crippen LogP contribution in [0.25, 0.3) is 0 Å². The van der Waals surface area contributed by atoms with E-state index in [1.54, 1.807) is 23.5 Å². The van der Waals surface area contributed by atoms with Crippen molar-refractivity contribution in [3.05, 3.63) is 40.6 Å². The summed E-state index contributed by atoms with van der Waals surface area (Å²) < 4.78 is 0. The Balaban J connectivity index is 2.24. The summed E-state index contributed by atoms with van der Waals surface area (Å²) in [6.07, 6.45) is 0. The molecule has 0 spiro atoms. The minimum absolute atomic E-state index is 0.498. The van der Waals surface area contributed by atoms with Crippen molar-refractivity contribution in [2.75, 3.05) is 11.1 Å². The molecular formula is C11H9N3S. The Morgan fingerprint density at radius 3 is 2.73 bits per heavy atom. The molecule has 1 aromatic heterocycles. The number of rotatable bonds is 2. The Morgan fingerprint density at radius 2 is 2.13 bits per heavy atom. The zero-order valence-corrected chi connectivity index (χ0v) is 8.71. The van der Waals surface area contributed by atoms with Gasteiger partial charge in [-0.2, -0.15) is 16.6 Å². The van der Waals surface area contributed by atoms with E-state index in [9.17, 15) is 0 Å². The van der Waals surface area contributed by atoms with Gasteiger partial charge in [0.1, 0.15) is 6.07 Å². The molecule has 2 aromatic rings. The molecule has 2 rings (SSSR count). The number of hydrogen-bond acceptors (Lipinski definition) is 4. The fraction of sp³-hybridized carbons (Fsp3) is 0. The fourth-order valence-electron chi connectivity index (χ4n) is 1.24. The van der Waals surface area contributed by atoms with Crippen LogP contribution < -0.4 is 11.1 Å². The van der Waals surface area contributed by atoms with Gasteiger partial charge in [-0.3, -0.25) is 0 Å². The van der Waals surface area contributed by atoms with Gasteiger partial charge in [0.05, 0.1) is 11.3 Å². The number of nitrogens with zero attached hydrogens (tertiary/aromatic N) is 1. The summed E-state index contributed by atoms with van der Waals surface area (Å²) in [6.45, 7) is 0. The van der Waals surface area contributed by atoms with Crippen LogP contribution in [-0.2, 0) is 0 Å². The van der Waals surface area contributed by atoms with Gasteiger partial charge >= 0.3 is 0 Å². The largest absolute Gasteiger partial charge is 0.398 e. The van der Waals surface area contributed by atoms with Gasteiger partial charge in [-0.1, -0.05) is 0 Å². The number of hydrogen-bond donors (Lipinski definition) is 2. The zero-order chi connectivity index (χ0) is 10.7. The Hall–Kier alpha value is -1.99. The predicted octanol–water partition coefficient (Wildman–Crippen LogP) is 2.95. The SMILES string of the molecule is N#Cc1ccc(Nc2ccsc2)cc1N. The number of nitrogen functional groups attached to an aromatic ring is 1. The van der Waals surface area contributed by atoms with Crippen molar-refractivity contribution in [1.82, 2.24) is 0 Å². The molecule has 1 aromatic carbocycles. The van der Waals surface area contributed by atoms with Crippen molar-refractivity contribution in [1.29, 1.82) is 5.26 Å². The minimum Gasteiger partial charge on any atom is -0.398 e. The number of nitrogens with one attached hydrogen (secondary N) is 1. The van der Waals surface area contributed by atoms with Gasteiger partial charge in [-0.25, -0.2) is 0 Å². The van der Waals surface area contributed by atoms with Crippen LogP contribution in [0.15, 0.2) is 35.0 Å². The van der Waals surface area contributed by atoms with Gasteiger partial charge in [0.2, 0.25) is 0 Å². The van der Waals surface area contributed by atoms with Crippen molar-refractivity contribution >= 4 is 28.4 Å². The molecule has 0 bridgehead atoms. The summed E-state index contributed by atoms with van der Waals surface area (Å²) in [5.74, 6) is 0. The third-order valence-corrected chi connectivity index (χ3v) is 2.67. The summed E-state index contributed by atoms with van der Waals surface area (Å²) in [4.78, 5) is 0. The maximum atomic E-state index is 8.72. The second kappa shape index (κ2) is 4.03. The van der Waals surface area contributed by atoms with Gasteiger partial charge in [0.15, 0.2) is 0 Å². The van der Waals surface area contributed by atoms with Crippen LogP contribution in [0.4, 0.5) is 17.1 Å². The average molecular weight is 215 g/mol. The second-order valence-electron chi connectivity index (χ2n) is 3.05. The molecule has 0 atom stereocenters. The van der Waals surface area contributed by atoms with Crippen LogP contribution >= 0.6 is 11.3 Å². The lowest BCUT2D eigenvalue weighted by atomic mass is 10.2. The zero-order valence-electron chi connectivity index (χ0n) is 7.90. The van der Waals surface area contributed by atoms with Crippen molar-refractivity contribution < 1.29 is 0 Å². The van der Waals surface area contributed by atoms with E-state index in [-0.39, 0.29) is 0 Å². The first-order valence-electron chi connectivity index (χ1n) is 4.38. The molecule has 15 heavy (non-hydrogen) atoms. The lowest BCUT2D eigenvalue weighted by Crippen LogP contribution is -1.93. The first-order valence-corrected chi connectivity index (χ1v) is 5.33. The van der Waals surface area contributed by atoms with Crippen molar-refractivity contribution in [3.63, 3.8) is 0 Å². The summed E-state index contributed by atoms with van der Waals surface area (Å²) in [5, 5.41) is 15.9. The molecule has 0 aliphatic rings. The summed E-state index contributed by atoms with van der Waals surface area (Å²) in [7, 11) is 0. The van der Waals surface area contributed by atoms with Crippen LogP contribution in [0, 0.1) is 11.3 Å². The fourth-order valence-corrected chi connectivity index (χ4v) is 1.83. The highest BCUT2D eigenvalue weighted by Crippen LogP contribution is 2.22.